The highest BCUT2D eigenvalue weighted by atomic mass is 32.2. The molecule has 3 N–H and O–H groups in total. The van der Waals surface area contributed by atoms with E-state index in [4.69, 9.17) is 0 Å². The summed E-state index contributed by atoms with van der Waals surface area (Å²) in [4.78, 5) is 15.3. The van der Waals surface area contributed by atoms with Gasteiger partial charge in [-0.2, -0.15) is 11.8 Å². The average Bonchev–Trinajstić information content (AvgIpc) is 3.20. The number of carbonyl (C=O) groups excluding carboxylic acids is 1. The zero-order valence-corrected chi connectivity index (χ0v) is 16.1. The lowest BCUT2D eigenvalue weighted by Gasteiger charge is -2.39. The molecule has 0 radical (unpaired) electrons. The van der Waals surface area contributed by atoms with Gasteiger partial charge in [-0.15, -0.1) is 0 Å². The maximum Gasteiger partial charge on any atom is 0.238 e. The van der Waals surface area contributed by atoms with Crippen molar-refractivity contribution in [1.82, 2.24) is 21.1 Å². The molecule has 3 saturated heterocycles. The van der Waals surface area contributed by atoms with E-state index in [9.17, 15) is 4.79 Å². The maximum atomic E-state index is 12.6. The van der Waals surface area contributed by atoms with Crippen molar-refractivity contribution in [3.63, 3.8) is 0 Å². The molecule has 1 aromatic rings. The highest BCUT2D eigenvalue weighted by molar-refractivity contribution is 7.99. The minimum Gasteiger partial charge on any atom is -0.352 e. The van der Waals surface area contributed by atoms with Gasteiger partial charge in [0.05, 0.1) is 0 Å². The van der Waals surface area contributed by atoms with Crippen LogP contribution in [-0.2, 0) is 4.79 Å². The highest BCUT2D eigenvalue weighted by Gasteiger charge is 2.32. The third-order valence-electron chi connectivity index (χ3n) is 6.00. The number of benzene rings is 1. The number of amides is 1. The van der Waals surface area contributed by atoms with Crippen LogP contribution in [0, 0.1) is 0 Å². The summed E-state index contributed by atoms with van der Waals surface area (Å²) in [6.07, 6.45) is 5.63. The molecule has 0 aromatic heterocycles. The molecule has 0 bridgehead atoms. The van der Waals surface area contributed by atoms with Gasteiger partial charge in [-0.3, -0.25) is 4.79 Å². The quantitative estimate of drug-likeness (QED) is 0.753. The van der Waals surface area contributed by atoms with Crippen LogP contribution >= 0.6 is 11.8 Å². The van der Waals surface area contributed by atoms with Gasteiger partial charge >= 0.3 is 0 Å². The van der Waals surface area contributed by atoms with E-state index in [1.54, 1.807) is 0 Å². The summed E-state index contributed by atoms with van der Waals surface area (Å²) in [5.41, 5.74) is 7.68. The Morgan fingerprint density at radius 2 is 1.77 bits per heavy atom. The summed E-state index contributed by atoms with van der Waals surface area (Å²) in [7, 11) is 0. The Morgan fingerprint density at radius 3 is 2.50 bits per heavy atom. The first-order valence-electron chi connectivity index (χ1n) is 9.98. The monoisotopic (exact) mass is 374 g/mol. The van der Waals surface area contributed by atoms with Crippen molar-refractivity contribution < 1.29 is 4.79 Å². The predicted octanol–water partition coefficient (Wildman–Crippen LogP) is 2.07. The first-order valence-corrected chi connectivity index (χ1v) is 11.1. The van der Waals surface area contributed by atoms with Crippen LogP contribution in [0.5, 0.6) is 0 Å². The van der Waals surface area contributed by atoms with E-state index in [0.717, 1.165) is 38.4 Å². The Morgan fingerprint density at radius 1 is 1.04 bits per heavy atom. The second-order valence-electron chi connectivity index (χ2n) is 7.70. The number of thioether (sulfide) groups is 1. The number of nitrogens with zero attached hydrogens (tertiary/aromatic N) is 1. The topological polar surface area (TPSA) is 56.4 Å². The van der Waals surface area contributed by atoms with Crippen molar-refractivity contribution in [3.05, 3.63) is 35.9 Å². The van der Waals surface area contributed by atoms with Crippen LogP contribution < -0.4 is 16.2 Å². The number of hydrogen-bond donors (Lipinski definition) is 3. The molecule has 1 aromatic carbocycles. The predicted molar refractivity (Wildman–Crippen MR) is 107 cm³/mol. The molecule has 142 valence electrons. The van der Waals surface area contributed by atoms with Crippen molar-refractivity contribution in [2.45, 2.75) is 56.3 Å². The summed E-state index contributed by atoms with van der Waals surface area (Å²) in [6.45, 7) is 2.26. The third kappa shape index (κ3) is 4.42. The van der Waals surface area contributed by atoms with E-state index in [2.05, 4.69) is 45.0 Å². The van der Waals surface area contributed by atoms with E-state index in [0.29, 0.717) is 6.04 Å². The van der Waals surface area contributed by atoms with Crippen molar-refractivity contribution in [2.24, 2.45) is 0 Å². The number of piperidine rings is 1. The van der Waals surface area contributed by atoms with Crippen LogP contribution in [0.4, 0.5) is 0 Å². The van der Waals surface area contributed by atoms with Gasteiger partial charge < -0.3 is 10.2 Å². The molecule has 2 atom stereocenters. The normalized spacial score (nSPS) is 28.9. The number of nitrogens with one attached hydrogen (secondary N) is 3. The van der Waals surface area contributed by atoms with Crippen LogP contribution in [0.25, 0.3) is 0 Å². The Bertz CT molecular complexity index is 585. The molecule has 3 aliphatic heterocycles. The van der Waals surface area contributed by atoms with Crippen molar-refractivity contribution >= 4 is 17.7 Å². The van der Waals surface area contributed by atoms with Crippen molar-refractivity contribution in [1.29, 1.82) is 0 Å². The van der Waals surface area contributed by atoms with E-state index >= 15 is 0 Å². The molecule has 0 aliphatic carbocycles. The van der Waals surface area contributed by atoms with Crippen LogP contribution in [0.15, 0.2) is 30.3 Å². The first kappa shape index (κ1) is 18.3. The second-order valence-corrected chi connectivity index (χ2v) is 8.93. The summed E-state index contributed by atoms with van der Waals surface area (Å²) < 4.78 is 0. The summed E-state index contributed by atoms with van der Waals surface area (Å²) in [6, 6.07) is 11.5. The Kier molecular flexibility index (Phi) is 6.15. The van der Waals surface area contributed by atoms with Crippen LogP contribution in [-0.4, -0.2) is 53.5 Å². The summed E-state index contributed by atoms with van der Waals surface area (Å²) in [5.74, 6) is 2.76. The van der Waals surface area contributed by atoms with Gasteiger partial charge in [0.2, 0.25) is 5.91 Å². The lowest BCUT2D eigenvalue weighted by molar-refractivity contribution is -0.124. The molecule has 2 unspecified atom stereocenters. The average molecular weight is 375 g/mol. The number of hydrazine groups is 1. The van der Waals surface area contributed by atoms with Gasteiger partial charge in [-0.1, -0.05) is 30.3 Å². The van der Waals surface area contributed by atoms with Gasteiger partial charge in [-0.25, -0.2) is 10.9 Å². The molecular weight excluding hydrogens is 344 g/mol. The number of rotatable bonds is 4. The standard InChI is InChI=1S/C20H30N4OS/c25-20(19-14-18(22-23-19)15-4-2-1-3-5-15)21-16-6-10-24(11-7-16)17-8-12-26-13-9-17/h1-5,16-19,22-23H,6-14H2,(H,21,25). The Balaban J connectivity index is 1.22. The second kappa shape index (κ2) is 8.74. The smallest absolute Gasteiger partial charge is 0.238 e. The molecule has 3 fully saturated rings. The van der Waals surface area contributed by atoms with Crippen molar-refractivity contribution in [2.75, 3.05) is 24.6 Å². The van der Waals surface area contributed by atoms with E-state index in [1.807, 2.05) is 18.2 Å². The molecule has 4 rings (SSSR count). The van der Waals surface area contributed by atoms with Crippen LogP contribution in [0.1, 0.15) is 43.7 Å². The minimum absolute atomic E-state index is 0.142. The third-order valence-corrected chi connectivity index (χ3v) is 7.05. The molecule has 3 heterocycles. The molecule has 26 heavy (non-hydrogen) atoms. The van der Waals surface area contributed by atoms with Crippen LogP contribution in [0.2, 0.25) is 0 Å². The molecule has 6 heteroatoms. The van der Waals surface area contributed by atoms with Gasteiger partial charge in [0, 0.05) is 31.2 Å². The lowest BCUT2D eigenvalue weighted by atomic mass is 9.99. The van der Waals surface area contributed by atoms with Crippen LogP contribution in [0.3, 0.4) is 0 Å². The number of carbonyl (C=O) groups is 1. The fraction of sp³-hybridized carbons (Fsp3) is 0.650. The molecule has 3 aliphatic rings. The maximum absolute atomic E-state index is 12.6. The first-order chi connectivity index (χ1) is 12.8. The van der Waals surface area contributed by atoms with Crippen molar-refractivity contribution in [3.8, 4) is 0 Å². The Labute approximate surface area is 160 Å². The largest absolute Gasteiger partial charge is 0.352 e. The Hall–Kier alpha value is -1.08. The fourth-order valence-electron chi connectivity index (χ4n) is 4.39. The number of hydrogen-bond acceptors (Lipinski definition) is 5. The van der Waals surface area contributed by atoms with E-state index in [-0.39, 0.29) is 18.0 Å². The molecule has 5 nitrogen and oxygen atoms in total. The highest BCUT2D eigenvalue weighted by Crippen LogP contribution is 2.25. The number of likely N-dealkylation sites (tertiary alicyclic amines) is 1. The molecule has 0 saturated carbocycles. The summed E-state index contributed by atoms with van der Waals surface area (Å²) in [5, 5.41) is 3.28. The van der Waals surface area contributed by atoms with E-state index < -0.39 is 0 Å². The molecular formula is C20H30N4OS. The summed E-state index contributed by atoms with van der Waals surface area (Å²) >= 11 is 2.09. The van der Waals surface area contributed by atoms with Gasteiger partial charge in [-0.05, 0) is 49.2 Å². The zero-order valence-electron chi connectivity index (χ0n) is 15.3. The lowest BCUT2D eigenvalue weighted by Crippen LogP contribution is -2.52. The minimum atomic E-state index is -0.145. The molecule has 0 spiro atoms. The zero-order chi connectivity index (χ0) is 17.8. The SMILES string of the molecule is O=C(NC1CCN(C2CCSCC2)CC1)C1CC(c2ccccc2)NN1. The van der Waals surface area contributed by atoms with Gasteiger partial charge in [0.1, 0.15) is 6.04 Å². The molecule has 1 amide bonds. The van der Waals surface area contributed by atoms with E-state index in [1.165, 1.54) is 29.9 Å². The van der Waals surface area contributed by atoms with Gasteiger partial charge in [0.15, 0.2) is 0 Å². The fourth-order valence-corrected chi connectivity index (χ4v) is 5.47. The van der Waals surface area contributed by atoms with Gasteiger partial charge in [0.25, 0.3) is 0 Å².